The lowest BCUT2D eigenvalue weighted by Crippen LogP contribution is -2.38. The van der Waals surface area contributed by atoms with Gasteiger partial charge < -0.3 is 4.90 Å². The number of halogens is 2. The summed E-state index contributed by atoms with van der Waals surface area (Å²) in [5.41, 5.74) is 4.03. The van der Waals surface area contributed by atoms with Crippen LogP contribution in [0.3, 0.4) is 0 Å². The average molecular weight is 483 g/mol. The van der Waals surface area contributed by atoms with Crippen LogP contribution in [0.5, 0.6) is 0 Å². The summed E-state index contributed by atoms with van der Waals surface area (Å²) in [7, 11) is 0. The van der Waals surface area contributed by atoms with Gasteiger partial charge in [-0.15, -0.1) is 0 Å². The first kappa shape index (κ1) is 19.9. The van der Waals surface area contributed by atoms with Gasteiger partial charge in [0.1, 0.15) is 5.69 Å². The minimum Gasteiger partial charge on any atom is -0.334 e. The number of hydrogen-bond donors (Lipinski definition) is 1. The molecule has 158 valence electrons. The van der Waals surface area contributed by atoms with E-state index in [1.807, 2.05) is 48.2 Å². The molecule has 4 aromatic rings. The highest BCUT2D eigenvalue weighted by Crippen LogP contribution is 2.29. The van der Waals surface area contributed by atoms with E-state index < -0.39 is 6.08 Å². The van der Waals surface area contributed by atoms with E-state index in [1.165, 1.54) is 0 Å². The SMILES string of the molecule is Cc1n[nH]nc1-c1ccccc1C(=O)N1CCC[C@H]1Cn1c(F)nc2ccc(Br)cc21. The number of aromatic nitrogens is 5. The molecule has 1 amide bonds. The van der Waals surface area contributed by atoms with Crippen LogP contribution in [0.2, 0.25) is 0 Å². The first-order valence-corrected chi connectivity index (χ1v) is 10.9. The summed E-state index contributed by atoms with van der Waals surface area (Å²) in [4.78, 5) is 19.4. The molecule has 5 rings (SSSR count). The lowest BCUT2D eigenvalue weighted by atomic mass is 10.0. The summed E-state index contributed by atoms with van der Waals surface area (Å²) >= 11 is 3.45. The van der Waals surface area contributed by atoms with Crippen molar-refractivity contribution in [1.82, 2.24) is 29.9 Å². The maximum absolute atomic E-state index is 14.6. The van der Waals surface area contributed by atoms with Gasteiger partial charge in [0.15, 0.2) is 0 Å². The van der Waals surface area contributed by atoms with Crippen LogP contribution in [-0.2, 0) is 6.54 Å². The van der Waals surface area contributed by atoms with Crippen molar-refractivity contribution in [2.45, 2.75) is 32.4 Å². The van der Waals surface area contributed by atoms with Gasteiger partial charge in [-0.25, -0.2) is 4.98 Å². The van der Waals surface area contributed by atoms with Gasteiger partial charge in [-0.3, -0.25) is 9.36 Å². The van der Waals surface area contributed by atoms with Gasteiger partial charge in [-0.2, -0.15) is 19.8 Å². The fourth-order valence-corrected chi connectivity index (χ4v) is 4.66. The molecule has 3 heterocycles. The number of nitrogens with zero attached hydrogens (tertiary/aromatic N) is 5. The maximum atomic E-state index is 14.6. The van der Waals surface area contributed by atoms with Crippen molar-refractivity contribution in [2.75, 3.05) is 6.54 Å². The summed E-state index contributed by atoms with van der Waals surface area (Å²) < 4.78 is 17.1. The number of fused-ring (bicyclic) bond motifs is 1. The second kappa shape index (κ2) is 7.88. The van der Waals surface area contributed by atoms with Crippen molar-refractivity contribution < 1.29 is 9.18 Å². The average Bonchev–Trinajstić information content (AvgIpc) is 3.48. The van der Waals surface area contributed by atoms with Gasteiger partial charge in [0, 0.05) is 28.7 Å². The van der Waals surface area contributed by atoms with Crippen molar-refractivity contribution in [3.05, 3.63) is 64.3 Å². The number of likely N-dealkylation sites (tertiary alicyclic amines) is 1. The molecule has 0 radical (unpaired) electrons. The number of imidazole rings is 1. The highest BCUT2D eigenvalue weighted by molar-refractivity contribution is 9.10. The third-order valence-corrected chi connectivity index (χ3v) is 6.32. The second-order valence-electron chi connectivity index (χ2n) is 7.72. The Balaban J connectivity index is 1.47. The Morgan fingerprint density at radius 3 is 2.90 bits per heavy atom. The van der Waals surface area contributed by atoms with Crippen LogP contribution in [0.25, 0.3) is 22.3 Å². The molecule has 2 aromatic carbocycles. The first-order valence-electron chi connectivity index (χ1n) is 10.1. The van der Waals surface area contributed by atoms with E-state index in [2.05, 4.69) is 36.3 Å². The maximum Gasteiger partial charge on any atom is 0.290 e. The third kappa shape index (κ3) is 3.52. The van der Waals surface area contributed by atoms with Gasteiger partial charge >= 0.3 is 0 Å². The van der Waals surface area contributed by atoms with Gasteiger partial charge in [-0.1, -0.05) is 34.1 Å². The Hall–Kier alpha value is -3.07. The number of aryl methyl sites for hydroxylation is 1. The molecule has 1 aliphatic heterocycles. The van der Waals surface area contributed by atoms with Crippen LogP contribution in [-0.4, -0.2) is 48.4 Å². The number of carbonyl (C=O) groups excluding carboxylic acids is 1. The predicted octanol–water partition coefficient (Wildman–Crippen LogP) is 4.34. The highest BCUT2D eigenvalue weighted by Gasteiger charge is 2.32. The quantitative estimate of drug-likeness (QED) is 0.469. The Kier molecular flexibility index (Phi) is 5.05. The summed E-state index contributed by atoms with van der Waals surface area (Å²) in [6, 6.07) is 12.8. The smallest absolute Gasteiger partial charge is 0.290 e. The summed E-state index contributed by atoms with van der Waals surface area (Å²) in [5, 5.41) is 10.9. The Morgan fingerprint density at radius 2 is 2.10 bits per heavy atom. The Labute approximate surface area is 186 Å². The fraction of sp³-hybridized carbons (Fsp3) is 0.273. The normalized spacial score (nSPS) is 16.4. The summed E-state index contributed by atoms with van der Waals surface area (Å²) in [6.07, 6.45) is 1.15. The monoisotopic (exact) mass is 482 g/mol. The molecule has 0 bridgehead atoms. The van der Waals surface area contributed by atoms with Crippen LogP contribution < -0.4 is 0 Å². The van der Waals surface area contributed by atoms with Crippen molar-refractivity contribution in [3.63, 3.8) is 0 Å². The van der Waals surface area contributed by atoms with Crippen LogP contribution in [0, 0.1) is 13.0 Å². The minimum absolute atomic E-state index is 0.0773. The lowest BCUT2D eigenvalue weighted by molar-refractivity contribution is 0.0723. The van der Waals surface area contributed by atoms with Crippen molar-refractivity contribution in [3.8, 4) is 11.3 Å². The molecule has 2 aromatic heterocycles. The molecular formula is C22H20BrFN6O. The summed E-state index contributed by atoms with van der Waals surface area (Å²) in [6.45, 7) is 2.84. The molecule has 1 aliphatic rings. The molecule has 1 atom stereocenters. The summed E-state index contributed by atoms with van der Waals surface area (Å²) in [5.74, 6) is -0.0773. The standard InChI is InChI=1S/C22H20BrFN6O/c1-13-20(27-28-26-13)16-6-2-3-7-17(16)21(31)29-10-4-5-15(29)12-30-19-11-14(23)8-9-18(19)25-22(30)24/h2-3,6-9,11,15H,4-5,10,12H2,1H3,(H,26,27,28)/t15-/m0/s1. The van der Waals surface area contributed by atoms with Crippen LogP contribution in [0.1, 0.15) is 28.9 Å². The molecule has 1 N–H and O–H groups in total. The number of hydrogen-bond acceptors (Lipinski definition) is 4. The van der Waals surface area contributed by atoms with E-state index in [9.17, 15) is 9.18 Å². The Bertz CT molecular complexity index is 1280. The van der Waals surface area contributed by atoms with Crippen LogP contribution in [0.15, 0.2) is 46.9 Å². The van der Waals surface area contributed by atoms with Crippen molar-refractivity contribution in [1.29, 1.82) is 0 Å². The highest BCUT2D eigenvalue weighted by atomic mass is 79.9. The number of aromatic amines is 1. The number of amides is 1. The van der Waals surface area contributed by atoms with E-state index in [-0.39, 0.29) is 11.9 Å². The van der Waals surface area contributed by atoms with E-state index in [4.69, 9.17) is 0 Å². The molecule has 1 fully saturated rings. The zero-order chi connectivity index (χ0) is 21.5. The van der Waals surface area contributed by atoms with Crippen molar-refractivity contribution in [2.24, 2.45) is 0 Å². The van der Waals surface area contributed by atoms with E-state index in [1.54, 1.807) is 10.6 Å². The largest absolute Gasteiger partial charge is 0.334 e. The predicted molar refractivity (Wildman–Crippen MR) is 118 cm³/mol. The van der Waals surface area contributed by atoms with Crippen LogP contribution >= 0.6 is 15.9 Å². The molecule has 0 saturated carbocycles. The second-order valence-corrected chi connectivity index (χ2v) is 8.64. The van der Waals surface area contributed by atoms with Crippen molar-refractivity contribution >= 4 is 32.9 Å². The van der Waals surface area contributed by atoms with Gasteiger partial charge in [-0.05, 0) is 44.0 Å². The van der Waals surface area contributed by atoms with E-state index in [0.717, 1.165) is 28.6 Å². The molecule has 0 unspecified atom stereocenters. The zero-order valence-corrected chi connectivity index (χ0v) is 18.4. The van der Waals surface area contributed by atoms with E-state index in [0.29, 0.717) is 35.4 Å². The van der Waals surface area contributed by atoms with Gasteiger partial charge in [0.2, 0.25) is 0 Å². The topological polar surface area (TPSA) is 79.7 Å². The molecule has 0 aliphatic carbocycles. The number of carbonyl (C=O) groups is 1. The number of benzene rings is 2. The fourth-order valence-electron chi connectivity index (χ4n) is 4.31. The molecular weight excluding hydrogens is 463 g/mol. The minimum atomic E-state index is -0.536. The number of nitrogens with one attached hydrogen (secondary N) is 1. The molecule has 0 spiro atoms. The van der Waals surface area contributed by atoms with E-state index >= 15 is 0 Å². The first-order chi connectivity index (χ1) is 15.0. The number of H-pyrrole nitrogens is 1. The zero-order valence-electron chi connectivity index (χ0n) is 16.8. The Morgan fingerprint density at radius 1 is 1.26 bits per heavy atom. The lowest BCUT2D eigenvalue weighted by Gasteiger charge is -2.26. The molecule has 9 heteroatoms. The number of rotatable bonds is 4. The van der Waals surface area contributed by atoms with Crippen LogP contribution in [0.4, 0.5) is 4.39 Å². The third-order valence-electron chi connectivity index (χ3n) is 5.83. The molecule has 7 nitrogen and oxygen atoms in total. The molecule has 31 heavy (non-hydrogen) atoms. The van der Waals surface area contributed by atoms with Gasteiger partial charge in [0.05, 0.1) is 22.8 Å². The molecule has 1 saturated heterocycles. The van der Waals surface area contributed by atoms with Gasteiger partial charge in [0.25, 0.3) is 12.0 Å².